The van der Waals surface area contributed by atoms with Crippen LogP contribution in [0, 0.1) is 0 Å². The van der Waals surface area contributed by atoms with Crippen molar-refractivity contribution in [3.63, 3.8) is 0 Å². The Balaban J connectivity index is 0.000000116. The zero-order valence-electron chi connectivity index (χ0n) is 53.6. The molecule has 1 aliphatic rings. The first kappa shape index (κ1) is 58.8. The van der Waals surface area contributed by atoms with Gasteiger partial charge >= 0.3 is 7.12 Å². The average Bonchev–Trinajstić information content (AvgIpc) is 1.03. The quantitative estimate of drug-likeness (QED) is 0.123. The van der Waals surface area contributed by atoms with Crippen LogP contribution in [0.3, 0.4) is 0 Å². The number of hydrogen-bond donors (Lipinski definition) is 0. The predicted octanol–water partition coefficient (Wildman–Crippen LogP) is 23.0. The van der Waals surface area contributed by atoms with Crippen LogP contribution in [0.15, 0.2) is 320 Å². The molecule has 0 amide bonds. The Morgan fingerprint density at radius 3 is 1.08 bits per heavy atom. The SMILES string of the molecule is Brc1cccc(-n2c3ccccc3c3ncccc32)c1.CC1(C)OB(c2c3ccccc3c(-c3ccc4ccccc4c3)c3ccccc23)OC1(C)C.c1cc(-c2c3ccccc3c(-c3ccc4ccccc4c3)c3ccccc23)cc(-n2c3ccccc3c3ncccc32)c1. The lowest BCUT2D eigenvalue weighted by Gasteiger charge is -2.32. The van der Waals surface area contributed by atoms with E-state index in [1.165, 1.54) is 114 Å². The number of pyridine rings is 2. The first-order valence-corrected chi connectivity index (χ1v) is 33.6. The molecule has 8 heteroatoms. The van der Waals surface area contributed by atoms with Gasteiger partial charge in [0, 0.05) is 39.0 Å². The Kier molecular flexibility index (Phi) is 14.6. The van der Waals surface area contributed by atoms with E-state index in [9.17, 15) is 0 Å². The molecule has 1 saturated heterocycles. The van der Waals surface area contributed by atoms with Gasteiger partial charge < -0.3 is 18.4 Å². The number of fused-ring (bicyclic) bond motifs is 12. The van der Waals surface area contributed by atoms with E-state index in [1.54, 1.807) is 0 Å². The molecule has 1 aliphatic heterocycles. The highest BCUT2D eigenvalue weighted by atomic mass is 79.9. The summed E-state index contributed by atoms with van der Waals surface area (Å²) >= 11 is 3.55. The van der Waals surface area contributed by atoms with Gasteiger partial charge in [0.2, 0.25) is 0 Å². The van der Waals surface area contributed by atoms with Crippen molar-refractivity contribution in [2.45, 2.75) is 38.9 Å². The fourth-order valence-corrected chi connectivity index (χ4v) is 15.1. The van der Waals surface area contributed by atoms with E-state index in [2.05, 4.69) is 343 Å². The van der Waals surface area contributed by atoms with E-state index >= 15 is 0 Å². The molecular formula is C88H64BBrN4O2. The molecule has 0 spiro atoms. The van der Waals surface area contributed by atoms with Crippen LogP contribution in [-0.4, -0.2) is 37.4 Å². The van der Waals surface area contributed by atoms with Gasteiger partial charge in [-0.15, -0.1) is 0 Å². The third-order valence-electron chi connectivity index (χ3n) is 19.8. The number of benzene rings is 14. The lowest BCUT2D eigenvalue weighted by atomic mass is 9.71. The van der Waals surface area contributed by atoms with Crippen molar-refractivity contribution in [2.75, 3.05) is 0 Å². The minimum Gasteiger partial charge on any atom is -0.399 e. The zero-order chi connectivity index (χ0) is 64.7. The summed E-state index contributed by atoms with van der Waals surface area (Å²) in [6.45, 7) is 8.45. The van der Waals surface area contributed by atoms with Crippen LogP contribution in [0.5, 0.6) is 0 Å². The van der Waals surface area contributed by atoms with Gasteiger partial charge in [-0.25, -0.2) is 0 Å². The van der Waals surface area contributed by atoms with Crippen LogP contribution >= 0.6 is 15.9 Å². The minimum atomic E-state index is -0.421. The predicted molar refractivity (Wildman–Crippen MR) is 408 cm³/mol. The molecular weight excluding hydrogens is 1240 g/mol. The van der Waals surface area contributed by atoms with Crippen LogP contribution in [0.1, 0.15) is 27.7 Å². The van der Waals surface area contributed by atoms with Crippen LogP contribution in [0.2, 0.25) is 0 Å². The van der Waals surface area contributed by atoms with Crippen LogP contribution in [-0.2, 0) is 9.31 Å². The summed E-state index contributed by atoms with van der Waals surface area (Å²) < 4.78 is 18.8. The summed E-state index contributed by atoms with van der Waals surface area (Å²) in [5, 5.41) is 17.2. The molecule has 18 aromatic rings. The maximum Gasteiger partial charge on any atom is 0.496 e. The molecule has 0 aliphatic carbocycles. The molecule has 4 aromatic heterocycles. The number of halogens is 1. The Hall–Kier alpha value is -11.0. The van der Waals surface area contributed by atoms with Crippen molar-refractivity contribution in [1.82, 2.24) is 19.1 Å². The fourth-order valence-electron chi connectivity index (χ4n) is 14.7. The Labute approximate surface area is 565 Å². The van der Waals surface area contributed by atoms with Crippen LogP contribution in [0.4, 0.5) is 0 Å². The molecule has 0 unspecified atom stereocenters. The topological polar surface area (TPSA) is 54.1 Å². The second kappa shape index (κ2) is 23.8. The second-order valence-corrected chi connectivity index (χ2v) is 26.8. The maximum absolute atomic E-state index is 6.55. The highest BCUT2D eigenvalue weighted by Gasteiger charge is 2.52. The van der Waals surface area contributed by atoms with Crippen molar-refractivity contribution in [3.05, 3.63) is 320 Å². The molecule has 14 aromatic carbocycles. The molecule has 0 radical (unpaired) electrons. The minimum absolute atomic E-state index is 0.392. The van der Waals surface area contributed by atoms with Crippen molar-refractivity contribution in [3.8, 4) is 44.8 Å². The van der Waals surface area contributed by atoms with Gasteiger partial charge in [0.1, 0.15) is 0 Å². The van der Waals surface area contributed by atoms with Gasteiger partial charge in [0.15, 0.2) is 0 Å². The Morgan fingerprint density at radius 2 is 0.646 bits per heavy atom. The molecule has 96 heavy (non-hydrogen) atoms. The fraction of sp³-hybridized carbons (Fsp3) is 0.0682. The van der Waals surface area contributed by atoms with Gasteiger partial charge in [-0.05, 0) is 210 Å². The Bertz CT molecular complexity index is 5870. The van der Waals surface area contributed by atoms with E-state index in [-0.39, 0.29) is 0 Å². The number of para-hydroxylation sites is 2. The third kappa shape index (κ3) is 10.0. The normalized spacial score (nSPS) is 13.5. The van der Waals surface area contributed by atoms with Gasteiger partial charge in [0.05, 0.1) is 44.3 Å². The Morgan fingerprint density at radius 1 is 0.302 bits per heavy atom. The molecule has 0 atom stereocenters. The second-order valence-electron chi connectivity index (χ2n) is 25.9. The van der Waals surface area contributed by atoms with Gasteiger partial charge in [0.25, 0.3) is 0 Å². The highest BCUT2D eigenvalue weighted by molar-refractivity contribution is 9.10. The first-order valence-electron chi connectivity index (χ1n) is 32.8. The number of nitrogens with zero attached hydrogens (tertiary/aromatic N) is 4. The standard InChI is InChI=1S/C41H26N2.C30H27BO2.C17H11BrN2/c1-2-12-28-25-30(23-22-27(28)11-1)40-34-17-5-3-15-32(34)39(33-16-4-6-18-35(33)40)29-13-9-14-31(26-29)43-37-20-8-7-19-36(37)41-38(43)21-10-24-42-41;1-29(2)30(3,4)33-31(32-29)28-25-15-9-7-13-23(25)27(24-14-8-10-16-26(24)28)22-18-17-20-11-5-6-12-21(20)19-22;18-12-5-3-6-13(11-12)20-15-8-2-1-7-14(15)17-16(20)9-4-10-19-17/h1-26H;5-19H,1-4H3;1-11H. The summed E-state index contributed by atoms with van der Waals surface area (Å²) in [5.41, 5.74) is 16.7. The summed E-state index contributed by atoms with van der Waals surface area (Å²) in [7, 11) is -0.421. The highest BCUT2D eigenvalue weighted by Crippen LogP contribution is 2.46. The lowest BCUT2D eigenvalue weighted by molar-refractivity contribution is 0.00578. The monoisotopic (exact) mass is 1300 g/mol. The summed E-state index contributed by atoms with van der Waals surface area (Å²) in [5.74, 6) is 0. The molecule has 0 bridgehead atoms. The van der Waals surface area contributed by atoms with Crippen LogP contribution < -0.4 is 5.46 Å². The van der Waals surface area contributed by atoms with E-state index < -0.39 is 18.3 Å². The van der Waals surface area contributed by atoms with E-state index in [0.29, 0.717) is 0 Å². The molecule has 0 N–H and O–H groups in total. The smallest absolute Gasteiger partial charge is 0.399 e. The number of aromatic nitrogens is 4. The molecule has 1 fully saturated rings. The van der Waals surface area contributed by atoms with E-state index in [4.69, 9.17) is 14.3 Å². The van der Waals surface area contributed by atoms with Crippen LogP contribution in [0.25, 0.3) is 153 Å². The van der Waals surface area contributed by atoms with E-state index in [0.717, 1.165) is 48.9 Å². The molecule has 5 heterocycles. The summed E-state index contributed by atoms with van der Waals surface area (Å²) in [6.07, 6.45) is 3.73. The first-order chi connectivity index (χ1) is 47.0. The lowest BCUT2D eigenvalue weighted by Crippen LogP contribution is -2.41. The van der Waals surface area contributed by atoms with Crippen molar-refractivity contribution < 1.29 is 9.31 Å². The number of rotatable bonds is 6. The van der Waals surface area contributed by atoms with E-state index in [1.807, 2.05) is 30.6 Å². The van der Waals surface area contributed by atoms with Crippen molar-refractivity contribution in [1.29, 1.82) is 0 Å². The molecule has 19 rings (SSSR count). The zero-order valence-corrected chi connectivity index (χ0v) is 55.2. The van der Waals surface area contributed by atoms with Gasteiger partial charge in [-0.3, -0.25) is 9.97 Å². The number of hydrogen-bond acceptors (Lipinski definition) is 4. The molecule has 458 valence electrons. The third-order valence-corrected chi connectivity index (χ3v) is 20.3. The maximum atomic E-state index is 6.55. The summed E-state index contributed by atoms with van der Waals surface area (Å²) in [6, 6.07) is 108. The van der Waals surface area contributed by atoms with Gasteiger partial charge in [-0.1, -0.05) is 240 Å². The molecule has 0 saturated carbocycles. The molecule has 6 nitrogen and oxygen atoms in total. The van der Waals surface area contributed by atoms with Crippen molar-refractivity contribution in [2.24, 2.45) is 0 Å². The summed E-state index contributed by atoms with van der Waals surface area (Å²) in [4.78, 5) is 9.30. The average molecular weight is 1300 g/mol. The largest absolute Gasteiger partial charge is 0.496 e. The van der Waals surface area contributed by atoms with Gasteiger partial charge in [-0.2, -0.15) is 0 Å². The van der Waals surface area contributed by atoms with Crippen molar-refractivity contribution >= 4 is 137 Å².